The van der Waals surface area contributed by atoms with Crippen LogP contribution in [0.5, 0.6) is 0 Å². The molecule has 30 heavy (non-hydrogen) atoms. The summed E-state index contributed by atoms with van der Waals surface area (Å²) >= 11 is 0. The SMILES string of the molecule is O=C(C(CCc1ccccc1)Cc1ccccc1)N1CCC(CCO)(C(=O)[O-])C1.[K+]. The summed E-state index contributed by atoms with van der Waals surface area (Å²) in [5.74, 6) is -1.40. The van der Waals surface area contributed by atoms with E-state index in [-0.39, 0.29) is 82.8 Å². The maximum Gasteiger partial charge on any atom is 1.00 e. The summed E-state index contributed by atoms with van der Waals surface area (Å²) < 4.78 is 0. The van der Waals surface area contributed by atoms with E-state index in [1.54, 1.807) is 4.90 Å². The molecule has 1 heterocycles. The second-order valence-corrected chi connectivity index (χ2v) is 7.96. The van der Waals surface area contributed by atoms with Gasteiger partial charge in [-0.3, -0.25) is 4.79 Å². The second kappa shape index (κ2) is 12.1. The largest absolute Gasteiger partial charge is 1.00 e. The number of hydrogen-bond donors (Lipinski definition) is 1. The standard InChI is InChI=1S/C24H29NO4.K/c26-16-14-24(23(28)29)13-15-25(18-24)22(27)21(17-20-9-5-2-6-10-20)12-11-19-7-3-1-4-8-19;/h1-10,21,26H,11-18H2,(H,28,29);/q;+1/p-1. The van der Waals surface area contributed by atoms with Gasteiger partial charge in [0.05, 0.1) is 0 Å². The molecule has 1 N–H and O–H groups in total. The first-order chi connectivity index (χ1) is 14.0. The third kappa shape index (κ3) is 6.49. The number of likely N-dealkylation sites (tertiary alicyclic amines) is 1. The molecule has 2 aromatic rings. The topological polar surface area (TPSA) is 80.7 Å². The predicted octanol–water partition coefficient (Wildman–Crippen LogP) is -1.17. The van der Waals surface area contributed by atoms with Crippen molar-refractivity contribution in [1.82, 2.24) is 4.90 Å². The number of carboxylic acids is 1. The van der Waals surface area contributed by atoms with E-state index < -0.39 is 11.4 Å². The van der Waals surface area contributed by atoms with Crippen molar-refractivity contribution in [2.45, 2.75) is 32.1 Å². The molecule has 0 radical (unpaired) electrons. The molecule has 1 saturated heterocycles. The third-order valence-corrected chi connectivity index (χ3v) is 5.99. The van der Waals surface area contributed by atoms with Gasteiger partial charge in [-0.25, -0.2) is 0 Å². The number of carbonyl (C=O) groups excluding carboxylic acids is 2. The second-order valence-electron chi connectivity index (χ2n) is 7.96. The number of amides is 1. The minimum absolute atomic E-state index is 0. The average molecular weight is 434 g/mol. The number of aryl methyl sites for hydroxylation is 1. The van der Waals surface area contributed by atoms with E-state index in [9.17, 15) is 19.8 Å². The van der Waals surface area contributed by atoms with Crippen LogP contribution in [0, 0.1) is 11.3 Å². The fourth-order valence-electron chi connectivity index (χ4n) is 4.20. The summed E-state index contributed by atoms with van der Waals surface area (Å²) in [6, 6.07) is 20.0. The Morgan fingerprint density at radius 3 is 2.20 bits per heavy atom. The molecule has 0 aromatic heterocycles. The minimum Gasteiger partial charge on any atom is -0.549 e. The van der Waals surface area contributed by atoms with Gasteiger partial charge in [-0.15, -0.1) is 0 Å². The molecular weight excluding hydrogens is 405 g/mol. The molecular formula is C24H28KNO4. The van der Waals surface area contributed by atoms with Crippen LogP contribution in [0.3, 0.4) is 0 Å². The Bertz CT molecular complexity index is 814. The van der Waals surface area contributed by atoms with E-state index in [1.807, 2.05) is 48.5 Å². The van der Waals surface area contributed by atoms with Gasteiger partial charge in [0.15, 0.2) is 0 Å². The Hall–Kier alpha value is -1.02. The molecule has 0 spiro atoms. The zero-order valence-electron chi connectivity index (χ0n) is 17.6. The molecule has 5 nitrogen and oxygen atoms in total. The zero-order chi connectivity index (χ0) is 20.7. The normalized spacial score (nSPS) is 19.2. The minimum atomic E-state index is -1.18. The number of aliphatic carboxylic acids is 1. The summed E-state index contributed by atoms with van der Waals surface area (Å²) in [5.41, 5.74) is 1.14. The fraction of sp³-hybridized carbons (Fsp3) is 0.417. The summed E-state index contributed by atoms with van der Waals surface area (Å²) in [6.07, 6.45) is 2.57. The van der Waals surface area contributed by atoms with E-state index in [0.717, 1.165) is 12.0 Å². The third-order valence-electron chi connectivity index (χ3n) is 5.99. The van der Waals surface area contributed by atoms with Crippen LogP contribution in [0.25, 0.3) is 0 Å². The Balaban J connectivity index is 0.00000320. The van der Waals surface area contributed by atoms with Crippen LogP contribution < -0.4 is 56.5 Å². The molecule has 0 bridgehead atoms. The van der Waals surface area contributed by atoms with Gasteiger partial charge in [-0.2, -0.15) is 0 Å². The Morgan fingerprint density at radius 2 is 1.63 bits per heavy atom. The van der Waals surface area contributed by atoms with Crippen molar-refractivity contribution in [2.75, 3.05) is 19.7 Å². The van der Waals surface area contributed by atoms with Crippen molar-refractivity contribution in [3.63, 3.8) is 0 Å². The van der Waals surface area contributed by atoms with Crippen LogP contribution in [-0.2, 0) is 22.4 Å². The first kappa shape index (κ1) is 25.2. The Morgan fingerprint density at radius 1 is 1.03 bits per heavy atom. The van der Waals surface area contributed by atoms with Crippen LogP contribution in [0.1, 0.15) is 30.4 Å². The number of aliphatic hydroxyl groups excluding tert-OH is 1. The summed E-state index contributed by atoms with van der Waals surface area (Å²) in [5, 5.41) is 21.0. The Labute approximate surface area is 220 Å². The Kier molecular flexibility index (Phi) is 10.2. The number of benzene rings is 2. The van der Waals surface area contributed by atoms with E-state index in [2.05, 4.69) is 12.1 Å². The van der Waals surface area contributed by atoms with E-state index in [0.29, 0.717) is 25.8 Å². The maximum atomic E-state index is 13.3. The molecule has 154 valence electrons. The van der Waals surface area contributed by atoms with E-state index in [4.69, 9.17) is 0 Å². The number of nitrogens with zero attached hydrogens (tertiary/aromatic N) is 1. The van der Waals surface area contributed by atoms with Crippen LogP contribution in [0.15, 0.2) is 60.7 Å². The van der Waals surface area contributed by atoms with Crippen LogP contribution in [0.4, 0.5) is 0 Å². The maximum absolute atomic E-state index is 13.3. The van der Waals surface area contributed by atoms with Gasteiger partial charge in [0.2, 0.25) is 5.91 Å². The first-order valence-electron chi connectivity index (χ1n) is 10.2. The number of aliphatic hydroxyl groups is 1. The molecule has 2 unspecified atom stereocenters. The van der Waals surface area contributed by atoms with Crippen LogP contribution in [0.2, 0.25) is 0 Å². The van der Waals surface area contributed by atoms with Gasteiger partial charge in [0.1, 0.15) is 0 Å². The summed E-state index contributed by atoms with van der Waals surface area (Å²) in [4.78, 5) is 26.7. The predicted molar refractivity (Wildman–Crippen MR) is 109 cm³/mol. The van der Waals surface area contributed by atoms with Crippen molar-refractivity contribution < 1.29 is 71.2 Å². The van der Waals surface area contributed by atoms with Gasteiger partial charge >= 0.3 is 51.4 Å². The monoisotopic (exact) mass is 433 g/mol. The van der Waals surface area contributed by atoms with Gasteiger partial charge in [0.25, 0.3) is 0 Å². The van der Waals surface area contributed by atoms with Crippen molar-refractivity contribution in [3.8, 4) is 0 Å². The fourth-order valence-corrected chi connectivity index (χ4v) is 4.20. The molecule has 0 saturated carbocycles. The van der Waals surface area contributed by atoms with Crippen LogP contribution in [-0.4, -0.2) is 41.6 Å². The smallest absolute Gasteiger partial charge is 0.549 e. The van der Waals surface area contributed by atoms with E-state index >= 15 is 0 Å². The molecule has 2 atom stereocenters. The number of hydrogen-bond acceptors (Lipinski definition) is 4. The van der Waals surface area contributed by atoms with Gasteiger partial charge in [-0.1, -0.05) is 60.7 Å². The summed E-state index contributed by atoms with van der Waals surface area (Å²) in [7, 11) is 0. The molecule has 1 amide bonds. The van der Waals surface area contributed by atoms with E-state index in [1.165, 1.54) is 5.56 Å². The molecule has 6 heteroatoms. The number of rotatable bonds is 9. The van der Waals surface area contributed by atoms with Gasteiger partial charge < -0.3 is 19.9 Å². The van der Waals surface area contributed by atoms with Gasteiger partial charge in [0, 0.05) is 37.0 Å². The number of carboxylic acid groups (broad SMARTS) is 1. The molecule has 2 aromatic carbocycles. The summed E-state index contributed by atoms with van der Waals surface area (Å²) in [6.45, 7) is 0.284. The molecule has 1 aliphatic rings. The quantitative estimate of drug-likeness (QED) is 0.506. The zero-order valence-corrected chi connectivity index (χ0v) is 20.7. The van der Waals surface area contributed by atoms with Crippen molar-refractivity contribution in [2.24, 2.45) is 11.3 Å². The van der Waals surface area contributed by atoms with Crippen molar-refractivity contribution >= 4 is 11.9 Å². The molecule has 0 aliphatic carbocycles. The van der Waals surface area contributed by atoms with Crippen molar-refractivity contribution in [1.29, 1.82) is 0 Å². The average Bonchev–Trinajstić information content (AvgIpc) is 3.18. The molecule has 1 fully saturated rings. The van der Waals surface area contributed by atoms with Crippen LogP contribution >= 0.6 is 0 Å². The van der Waals surface area contributed by atoms with Gasteiger partial charge in [-0.05, 0) is 43.2 Å². The number of carbonyl (C=O) groups is 2. The first-order valence-corrected chi connectivity index (χ1v) is 10.2. The molecule has 1 aliphatic heterocycles. The molecule has 3 rings (SSSR count). The van der Waals surface area contributed by atoms with Crippen molar-refractivity contribution in [3.05, 3.63) is 71.8 Å².